The Kier molecular flexibility index (Phi) is 21.2. The summed E-state index contributed by atoms with van der Waals surface area (Å²) in [5.74, 6) is -71.4. The molecule has 0 radical (unpaired) electrons. The van der Waals surface area contributed by atoms with E-state index in [1.165, 1.54) is 0 Å². The molecule has 0 aromatic heterocycles. The summed E-state index contributed by atoms with van der Waals surface area (Å²) in [6.45, 7) is 49.3. The molecule has 4 aromatic rings. The Labute approximate surface area is 440 Å². The maximum absolute atomic E-state index is 15.4. The van der Waals surface area contributed by atoms with Crippen LogP contribution in [0.2, 0.25) is 43.3 Å². The third-order valence-electron chi connectivity index (χ3n) is 14.0. The zero-order chi connectivity index (χ0) is 59.0. The smallest absolute Gasteiger partial charge is 0.250 e. The average molecular weight is 1160 g/mol. The van der Waals surface area contributed by atoms with Crippen LogP contribution in [0.25, 0.3) is 0 Å². The Morgan fingerprint density at radius 3 is 0.480 bits per heavy atom. The molecule has 75 heavy (non-hydrogen) atoms. The molecule has 0 bridgehead atoms. The van der Waals surface area contributed by atoms with Crippen LogP contribution in [-0.2, 0) is 0 Å². The predicted molar refractivity (Wildman–Crippen MR) is 262 cm³/mol. The van der Waals surface area contributed by atoms with Crippen molar-refractivity contribution in [1.82, 2.24) is 0 Å². The summed E-state index contributed by atoms with van der Waals surface area (Å²) in [4.78, 5) is 0. The van der Waals surface area contributed by atoms with Gasteiger partial charge in [-0.05, 0) is 0 Å². The second-order valence-corrected chi connectivity index (χ2v) is 42.2. The maximum atomic E-state index is 15.4. The molecule has 0 saturated heterocycles. The van der Waals surface area contributed by atoms with E-state index in [4.69, 9.17) is 0 Å². The standard InChI is InChI=1S/C24BF20.C17H39Si2.C9H21Si.Al/c26-5-1(6(27)14(35)21(42)13(5)34)25(2-7(28)15(36)22(43)16(37)8(2)29,3-9(30)17(38)23(44)18(39)10(3)31)4-11(32)19(40)24(45)20(41)12(4)33;1-14(2,3)18(15(4,5)6)19(13,16(7,8)9)17(10,11)12;1-8(2,3)10(7)9(4,5)6;/h;1-13H3;1-7H3;/q3*-1;+3. The van der Waals surface area contributed by atoms with E-state index in [1.807, 2.05) is 0 Å². The molecule has 0 saturated carbocycles. The summed E-state index contributed by atoms with van der Waals surface area (Å²) in [6, 6.07) is 0. The van der Waals surface area contributed by atoms with Crippen molar-refractivity contribution in [2.24, 2.45) is 0 Å². The number of hydrogen-bond donors (Lipinski definition) is 0. The number of benzene rings is 4. The van der Waals surface area contributed by atoms with Crippen molar-refractivity contribution >= 4 is 70.1 Å². The molecule has 0 amide bonds. The molecule has 25 heteroatoms. The molecule has 0 aliphatic rings. The number of hydrogen-bond acceptors (Lipinski definition) is 0. The van der Waals surface area contributed by atoms with Crippen molar-refractivity contribution in [1.29, 1.82) is 0 Å². The van der Waals surface area contributed by atoms with E-state index < -0.39 is 160 Å². The maximum Gasteiger partial charge on any atom is 3.00 e. The van der Waals surface area contributed by atoms with Crippen LogP contribution in [0.5, 0.6) is 0 Å². The molecule has 0 atom stereocenters. The molecule has 0 N–H and O–H groups in total. The molecule has 4 aromatic carbocycles. The minimum Gasteiger partial charge on any atom is -0.250 e. The molecule has 0 heterocycles. The number of halogens is 20. The van der Waals surface area contributed by atoms with Gasteiger partial charge in [0.15, 0.2) is 69.8 Å². The molecule has 0 aliphatic carbocycles. The predicted octanol–water partition coefficient (Wildman–Crippen LogP) is 16.0. The SMILES string of the molecule is CC(C)(C)[Si-](C(C)(C)C)[Si](C)(C(C)(C)C)C(C)(C)C.C[Si-](C(C)(C)C)C(C)(C)C.Fc1c(F)c(F)c([B-](c2c(F)c(F)c(F)c(F)c2F)(c2c(F)c(F)c(F)c(F)c2F)c2c(F)c(F)c(F)c(F)c2F)c(F)c1F.[Al+3]. The molecular weight excluding hydrogens is 1100 g/mol. The molecular formula is C50H60AlBF20Si3. The summed E-state index contributed by atoms with van der Waals surface area (Å²) < 4.78 is 294. The largest absolute Gasteiger partial charge is 3.00 e. The Hall–Kier alpha value is -3.27. The van der Waals surface area contributed by atoms with E-state index >= 15 is 35.1 Å². The van der Waals surface area contributed by atoms with Crippen LogP contribution >= 0.6 is 0 Å². The summed E-state index contributed by atoms with van der Waals surface area (Å²) in [6.07, 6.45) is -7.22. The Morgan fingerprint density at radius 2 is 0.400 bits per heavy atom. The third-order valence-corrected chi connectivity index (χ3v) is 40.5. The molecule has 0 spiro atoms. The summed E-state index contributed by atoms with van der Waals surface area (Å²) >= 11 is 0. The molecule has 418 valence electrons. The van der Waals surface area contributed by atoms with Gasteiger partial charge in [-0.3, -0.25) is 0 Å². The second-order valence-electron chi connectivity index (χ2n) is 24.4. The van der Waals surface area contributed by atoms with Gasteiger partial charge in [-0.25, -0.2) is 105 Å². The molecule has 0 nitrogen and oxygen atoms in total. The Balaban J connectivity index is 0.000000772. The fourth-order valence-corrected chi connectivity index (χ4v) is 35.2. The van der Waals surface area contributed by atoms with E-state index in [1.54, 1.807) is 0 Å². The van der Waals surface area contributed by atoms with Gasteiger partial charge in [-0.2, -0.15) is 26.7 Å². The topological polar surface area (TPSA) is 0 Å². The van der Waals surface area contributed by atoms with Crippen molar-refractivity contribution in [2.45, 2.75) is 168 Å². The van der Waals surface area contributed by atoms with Gasteiger partial charge in [0.05, 0.1) is 0 Å². The van der Waals surface area contributed by atoms with E-state index in [2.05, 4.69) is 138 Å². The Morgan fingerprint density at radius 1 is 0.267 bits per heavy atom. The first kappa shape index (κ1) is 69.7. The van der Waals surface area contributed by atoms with Crippen LogP contribution in [-0.4, -0.2) is 48.2 Å². The van der Waals surface area contributed by atoms with Crippen molar-refractivity contribution in [3.05, 3.63) is 116 Å². The normalized spacial score (nSPS) is 13.2. The first-order chi connectivity index (χ1) is 32.7. The average Bonchev–Trinajstić information content (AvgIpc) is 3.24. The van der Waals surface area contributed by atoms with Crippen LogP contribution in [0.3, 0.4) is 0 Å². The minimum absolute atomic E-state index is 0. The van der Waals surface area contributed by atoms with Gasteiger partial charge in [0, 0.05) is 0 Å². The van der Waals surface area contributed by atoms with Crippen LogP contribution < -0.4 is 21.9 Å². The molecule has 0 unspecified atom stereocenters. The zero-order valence-corrected chi connectivity index (χ0v) is 49.4. The fourth-order valence-electron chi connectivity index (χ4n) is 10.5. The first-order valence-corrected chi connectivity index (χ1v) is 29.7. The van der Waals surface area contributed by atoms with Crippen molar-refractivity contribution in [3.8, 4) is 0 Å². The first-order valence-electron chi connectivity index (χ1n) is 22.7. The van der Waals surface area contributed by atoms with E-state index in [0.29, 0.717) is 30.2 Å². The van der Waals surface area contributed by atoms with Gasteiger partial charge in [-0.1, -0.05) is 149 Å². The van der Waals surface area contributed by atoms with Gasteiger partial charge in [0.1, 0.15) is 52.7 Å². The minimum atomic E-state index is -7.22. The molecule has 4 rings (SSSR count). The Bertz CT molecular complexity index is 2360. The molecule has 0 fully saturated rings. The monoisotopic (exact) mass is 1160 g/mol. The van der Waals surface area contributed by atoms with Crippen molar-refractivity contribution in [2.75, 3.05) is 0 Å². The van der Waals surface area contributed by atoms with E-state index in [9.17, 15) is 52.7 Å². The number of rotatable bonds is 5. The van der Waals surface area contributed by atoms with Gasteiger partial charge in [0.25, 0.3) is 0 Å². The van der Waals surface area contributed by atoms with Crippen LogP contribution in [0.15, 0.2) is 0 Å². The van der Waals surface area contributed by atoms with Gasteiger partial charge < -0.3 is 0 Å². The summed E-state index contributed by atoms with van der Waals surface area (Å²) in [5.41, 5.74) is -14.3. The molecule has 0 aliphatic heterocycles. The van der Waals surface area contributed by atoms with E-state index in [-0.39, 0.29) is 26.2 Å². The van der Waals surface area contributed by atoms with E-state index in [0.717, 1.165) is 0 Å². The van der Waals surface area contributed by atoms with Crippen molar-refractivity contribution in [3.63, 3.8) is 0 Å². The third kappa shape index (κ3) is 12.3. The zero-order valence-electron chi connectivity index (χ0n) is 45.2. The second kappa shape index (κ2) is 22.8. The van der Waals surface area contributed by atoms with Crippen LogP contribution in [0, 0.1) is 116 Å². The summed E-state index contributed by atoms with van der Waals surface area (Å²) in [5, 5.41) is 2.93. The van der Waals surface area contributed by atoms with Crippen LogP contribution in [0.4, 0.5) is 87.8 Å². The quantitative estimate of drug-likeness (QED) is 0.0809. The van der Waals surface area contributed by atoms with Gasteiger partial charge in [-0.15, -0.1) is 21.9 Å². The summed E-state index contributed by atoms with van der Waals surface area (Å²) in [7, 11) is -2.16. The van der Waals surface area contributed by atoms with Gasteiger partial charge in [0.2, 0.25) is 0 Å². The van der Waals surface area contributed by atoms with Gasteiger partial charge >= 0.3 is 17.4 Å². The van der Waals surface area contributed by atoms with Crippen LogP contribution in [0.1, 0.15) is 125 Å². The van der Waals surface area contributed by atoms with Crippen molar-refractivity contribution < 1.29 is 87.8 Å². The fraction of sp³-hybridized carbons (Fsp3) is 0.520.